The first kappa shape index (κ1) is 34.8. The van der Waals surface area contributed by atoms with E-state index in [1.54, 1.807) is 60.1 Å². The fourth-order valence-corrected chi connectivity index (χ4v) is 5.06. The lowest BCUT2D eigenvalue weighted by Gasteiger charge is -2.30. The first-order valence-corrected chi connectivity index (χ1v) is 13.7. The second-order valence-electron chi connectivity index (χ2n) is 10.8. The Morgan fingerprint density at radius 1 is 0.952 bits per heavy atom. The smallest absolute Gasteiger partial charge is 0.405 e. The summed E-state index contributed by atoms with van der Waals surface area (Å²) < 4.78 is 28.1. The third kappa shape index (κ3) is 9.06. The van der Waals surface area contributed by atoms with Crippen LogP contribution in [0.5, 0.6) is 0 Å². The van der Waals surface area contributed by atoms with Gasteiger partial charge in [0.1, 0.15) is 6.10 Å². The molecule has 1 aliphatic carbocycles. The molecule has 2 bridgehead atoms. The van der Waals surface area contributed by atoms with Crippen molar-refractivity contribution in [2.45, 2.75) is 83.0 Å². The number of methoxy groups -OCH3 is 4. The van der Waals surface area contributed by atoms with E-state index >= 15 is 0 Å². The number of carbonyl (C=O) groups is 4. The van der Waals surface area contributed by atoms with Crippen LogP contribution in [0.2, 0.25) is 0 Å². The van der Waals surface area contributed by atoms with Crippen molar-refractivity contribution in [3.63, 3.8) is 0 Å². The minimum absolute atomic E-state index is 0.0141. The van der Waals surface area contributed by atoms with Crippen LogP contribution in [-0.4, -0.2) is 87.9 Å². The van der Waals surface area contributed by atoms with Gasteiger partial charge >= 0.3 is 6.09 Å². The lowest BCUT2D eigenvalue weighted by atomic mass is 9.88. The summed E-state index contributed by atoms with van der Waals surface area (Å²) in [5.74, 6) is -1.10. The van der Waals surface area contributed by atoms with Crippen LogP contribution < -0.4 is 11.1 Å². The SMILES string of the molecule is COC1CCC(OC)C(OC)C/C=C(\C)C(OC(N)=O)C(OC)/C=C\C=C(/C)C(=O)C(C)(C)NC2=CC(=O)C=C1C2=O. The number of nitrogens with two attached hydrogens (primary N) is 1. The number of hydrogen-bond donors (Lipinski definition) is 2. The molecule has 0 aromatic rings. The molecule has 0 saturated carbocycles. The van der Waals surface area contributed by atoms with E-state index in [-0.39, 0.29) is 22.8 Å². The average Bonchev–Trinajstić information content (AvgIpc) is 2.94. The van der Waals surface area contributed by atoms with Gasteiger partial charge in [-0.05, 0) is 64.2 Å². The summed E-state index contributed by atoms with van der Waals surface area (Å²) in [5.41, 5.74) is 5.39. The number of amides is 1. The zero-order valence-electron chi connectivity index (χ0n) is 25.7. The van der Waals surface area contributed by atoms with Gasteiger partial charge in [-0.2, -0.15) is 0 Å². The van der Waals surface area contributed by atoms with E-state index in [9.17, 15) is 19.2 Å². The van der Waals surface area contributed by atoms with Gasteiger partial charge < -0.3 is 34.7 Å². The second-order valence-corrected chi connectivity index (χ2v) is 10.8. The summed E-state index contributed by atoms with van der Waals surface area (Å²) in [7, 11) is 6.06. The minimum atomic E-state index is -1.23. The summed E-state index contributed by atoms with van der Waals surface area (Å²) >= 11 is 0. The van der Waals surface area contributed by atoms with Crippen LogP contribution in [0.25, 0.3) is 0 Å². The van der Waals surface area contributed by atoms with Crippen molar-refractivity contribution in [3.05, 3.63) is 58.9 Å². The van der Waals surface area contributed by atoms with Crippen molar-refractivity contribution in [1.29, 1.82) is 0 Å². The molecular formula is C31H44N2O9. The molecule has 0 aromatic carbocycles. The quantitative estimate of drug-likeness (QED) is 0.362. The van der Waals surface area contributed by atoms with Crippen LogP contribution >= 0.6 is 0 Å². The van der Waals surface area contributed by atoms with Crippen molar-refractivity contribution in [1.82, 2.24) is 5.32 Å². The largest absolute Gasteiger partial charge is 0.439 e. The highest BCUT2D eigenvalue weighted by molar-refractivity contribution is 6.20. The number of rotatable bonds is 5. The summed E-state index contributed by atoms with van der Waals surface area (Å²) in [6, 6.07) is 0. The number of primary amides is 1. The van der Waals surface area contributed by atoms with Gasteiger partial charge in [0.15, 0.2) is 17.7 Å². The number of carbonyl (C=O) groups excluding carboxylic acids is 4. The van der Waals surface area contributed by atoms with Gasteiger partial charge in [-0.1, -0.05) is 24.3 Å². The normalized spacial score (nSPS) is 31.3. The van der Waals surface area contributed by atoms with Gasteiger partial charge in [-0.25, -0.2) is 4.79 Å². The predicted molar refractivity (Wildman–Crippen MR) is 157 cm³/mol. The molecule has 0 saturated heterocycles. The Balaban J connectivity index is 2.60. The lowest BCUT2D eigenvalue weighted by molar-refractivity contribution is -0.121. The minimum Gasteiger partial charge on any atom is -0.439 e. The third-order valence-electron chi connectivity index (χ3n) is 7.41. The van der Waals surface area contributed by atoms with Crippen LogP contribution in [0, 0.1) is 0 Å². The molecule has 0 spiro atoms. The Morgan fingerprint density at radius 2 is 1.62 bits per heavy atom. The summed E-state index contributed by atoms with van der Waals surface area (Å²) in [6.07, 6.45) is 6.36. The number of allylic oxidation sites excluding steroid dienone is 5. The Bertz CT molecular complexity index is 1180. The summed E-state index contributed by atoms with van der Waals surface area (Å²) in [4.78, 5) is 51.2. The predicted octanol–water partition coefficient (Wildman–Crippen LogP) is 3.04. The number of nitrogens with one attached hydrogen (secondary N) is 1. The Labute approximate surface area is 247 Å². The Morgan fingerprint density at radius 3 is 2.19 bits per heavy atom. The molecule has 3 N–H and O–H groups in total. The van der Waals surface area contributed by atoms with E-state index in [4.69, 9.17) is 29.4 Å². The molecule has 0 aromatic heterocycles. The zero-order chi connectivity index (χ0) is 31.6. The van der Waals surface area contributed by atoms with E-state index in [0.717, 1.165) is 0 Å². The van der Waals surface area contributed by atoms with E-state index in [1.807, 2.05) is 6.08 Å². The van der Waals surface area contributed by atoms with E-state index in [0.29, 0.717) is 30.4 Å². The van der Waals surface area contributed by atoms with E-state index < -0.39 is 47.9 Å². The molecule has 5 unspecified atom stereocenters. The molecule has 1 amide bonds. The van der Waals surface area contributed by atoms with Gasteiger partial charge in [0.2, 0.25) is 5.78 Å². The molecule has 1 heterocycles. The van der Waals surface area contributed by atoms with Crippen molar-refractivity contribution in [2.75, 3.05) is 28.4 Å². The first-order valence-electron chi connectivity index (χ1n) is 13.7. The van der Waals surface area contributed by atoms with Gasteiger partial charge in [-0.3, -0.25) is 14.4 Å². The van der Waals surface area contributed by atoms with Crippen LogP contribution in [0.4, 0.5) is 4.79 Å². The maximum absolute atomic E-state index is 13.5. The van der Waals surface area contributed by atoms with E-state index in [2.05, 4.69) is 5.32 Å². The third-order valence-corrected chi connectivity index (χ3v) is 7.41. The van der Waals surface area contributed by atoms with Crippen LogP contribution in [0.3, 0.4) is 0 Å². The van der Waals surface area contributed by atoms with Crippen LogP contribution in [-0.2, 0) is 38.1 Å². The number of ether oxygens (including phenoxy) is 5. The maximum Gasteiger partial charge on any atom is 0.405 e. The van der Waals surface area contributed by atoms with E-state index in [1.165, 1.54) is 26.4 Å². The molecular weight excluding hydrogens is 544 g/mol. The van der Waals surface area contributed by atoms with Crippen LogP contribution in [0.1, 0.15) is 47.0 Å². The fraction of sp³-hybridized carbons (Fsp3) is 0.548. The van der Waals surface area contributed by atoms with Crippen molar-refractivity contribution >= 4 is 23.4 Å². The highest BCUT2D eigenvalue weighted by atomic mass is 16.6. The molecule has 0 radical (unpaired) electrons. The maximum atomic E-state index is 13.5. The number of hydrogen-bond acceptors (Lipinski definition) is 10. The topological polar surface area (TPSA) is 152 Å². The molecule has 5 atom stereocenters. The second kappa shape index (κ2) is 15.7. The lowest BCUT2D eigenvalue weighted by Crippen LogP contribution is -2.49. The van der Waals surface area contributed by atoms with Crippen molar-refractivity contribution < 1.29 is 42.9 Å². The molecule has 2 rings (SSSR count). The van der Waals surface area contributed by atoms with Gasteiger partial charge in [0.25, 0.3) is 0 Å². The first-order chi connectivity index (χ1) is 19.8. The number of Topliss-reactive ketones (excluding diaryl/α,β-unsaturated/α-hetero) is 2. The molecule has 1 aliphatic heterocycles. The fourth-order valence-electron chi connectivity index (χ4n) is 5.06. The molecule has 11 heteroatoms. The van der Waals surface area contributed by atoms with Crippen LogP contribution in [0.15, 0.2) is 58.9 Å². The number of ketones is 3. The highest BCUT2D eigenvalue weighted by Crippen LogP contribution is 2.26. The molecule has 0 fully saturated rings. The van der Waals surface area contributed by atoms with Crippen molar-refractivity contribution in [3.8, 4) is 0 Å². The Kier molecular flexibility index (Phi) is 13.0. The standard InChI is InChI=1S/C31H44N2O9/c1-18-12-13-24(39-6)25(40-7)15-14-23(38-5)21-16-20(34)17-22(27(21)35)33-31(3,4)29(36)19(2)10-9-11-26(41-8)28(18)42-30(32)37/h9-12,16-17,23-26,28,33H,13-15H2,1-8H3,(H2,32,37)/b11-9-,18-12+,19-10+. The molecule has 232 valence electrons. The van der Waals surface area contributed by atoms with Crippen molar-refractivity contribution in [2.24, 2.45) is 5.73 Å². The monoisotopic (exact) mass is 588 g/mol. The Hall–Kier alpha value is -3.38. The van der Waals surface area contributed by atoms with Gasteiger partial charge in [0, 0.05) is 40.1 Å². The molecule has 2 aliphatic rings. The zero-order valence-corrected chi connectivity index (χ0v) is 25.7. The van der Waals surface area contributed by atoms with Gasteiger partial charge in [-0.15, -0.1) is 0 Å². The number of fused-ring (bicyclic) bond motifs is 2. The summed E-state index contributed by atoms with van der Waals surface area (Å²) in [6.45, 7) is 6.68. The highest BCUT2D eigenvalue weighted by Gasteiger charge is 2.35. The molecule has 42 heavy (non-hydrogen) atoms. The molecule has 11 nitrogen and oxygen atoms in total. The summed E-state index contributed by atoms with van der Waals surface area (Å²) in [5, 5.41) is 2.97. The average molecular weight is 589 g/mol. The van der Waals surface area contributed by atoms with Gasteiger partial charge in [0.05, 0.1) is 29.5 Å².